The Bertz CT molecular complexity index is 809. The van der Waals surface area contributed by atoms with Crippen molar-refractivity contribution >= 4 is 32.9 Å². The van der Waals surface area contributed by atoms with Crippen LogP contribution in [0, 0.1) is 0 Å². The second-order valence-corrected chi connectivity index (χ2v) is 6.06. The van der Waals surface area contributed by atoms with Gasteiger partial charge in [-0.15, -0.1) is 0 Å². The number of H-pyrrole nitrogens is 1. The smallest absolute Gasteiger partial charge is 0.326 e. The maximum absolute atomic E-state index is 12.2. The van der Waals surface area contributed by atoms with Gasteiger partial charge in [0, 0.05) is 4.47 Å². The zero-order chi connectivity index (χ0) is 16.3. The lowest BCUT2D eigenvalue weighted by molar-refractivity contribution is -0.141. The van der Waals surface area contributed by atoms with Crippen LogP contribution in [0.25, 0.3) is 11.0 Å². The van der Waals surface area contributed by atoms with Gasteiger partial charge in [-0.3, -0.25) is 14.2 Å². The molecule has 0 aliphatic heterocycles. The summed E-state index contributed by atoms with van der Waals surface area (Å²) in [5.74, 6) is -1.10. The van der Waals surface area contributed by atoms with Crippen LogP contribution in [-0.4, -0.2) is 20.6 Å². The van der Waals surface area contributed by atoms with E-state index in [1.165, 1.54) is 0 Å². The lowest BCUT2D eigenvalue weighted by Crippen LogP contribution is -2.40. The summed E-state index contributed by atoms with van der Waals surface area (Å²) in [7, 11) is 0. The molecule has 0 bridgehead atoms. The lowest BCUT2D eigenvalue weighted by Gasteiger charge is -2.17. The van der Waals surface area contributed by atoms with E-state index in [1.807, 2.05) is 6.92 Å². The van der Waals surface area contributed by atoms with E-state index in [1.54, 1.807) is 18.2 Å². The number of aliphatic carboxylic acids is 1. The fourth-order valence-electron chi connectivity index (χ4n) is 2.47. The zero-order valence-corrected chi connectivity index (χ0v) is 13.7. The van der Waals surface area contributed by atoms with Gasteiger partial charge in [0.15, 0.2) is 0 Å². The molecule has 1 heterocycles. The molecule has 0 radical (unpaired) electrons. The molecule has 1 unspecified atom stereocenters. The Morgan fingerprint density at radius 1 is 1.36 bits per heavy atom. The maximum atomic E-state index is 12.2. The Labute approximate surface area is 134 Å². The summed E-state index contributed by atoms with van der Waals surface area (Å²) in [6.07, 6.45) is 2.83. The van der Waals surface area contributed by atoms with Gasteiger partial charge in [-0.2, -0.15) is 0 Å². The van der Waals surface area contributed by atoms with Gasteiger partial charge in [-0.25, -0.2) is 4.79 Å². The van der Waals surface area contributed by atoms with Crippen molar-refractivity contribution in [3.8, 4) is 0 Å². The Morgan fingerprint density at radius 3 is 2.73 bits per heavy atom. The van der Waals surface area contributed by atoms with Crippen molar-refractivity contribution in [1.82, 2.24) is 9.55 Å². The van der Waals surface area contributed by atoms with E-state index in [2.05, 4.69) is 20.9 Å². The normalized spacial score (nSPS) is 12.5. The van der Waals surface area contributed by atoms with Gasteiger partial charge in [0.05, 0.1) is 11.0 Å². The number of benzene rings is 1. The summed E-state index contributed by atoms with van der Waals surface area (Å²) in [4.78, 5) is 38.1. The Hall–Kier alpha value is -1.89. The first-order chi connectivity index (χ1) is 10.5. The molecule has 1 aromatic carbocycles. The Kier molecular flexibility index (Phi) is 5.18. The van der Waals surface area contributed by atoms with Crippen LogP contribution < -0.4 is 11.1 Å². The number of fused-ring (bicyclic) bond motifs is 1. The first kappa shape index (κ1) is 16.5. The van der Waals surface area contributed by atoms with Crippen molar-refractivity contribution in [2.75, 3.05) is 0 Å². The lowest BCUT2D eigenvalue weighted by atomic mass is 10.1. The molecule has 0 saturated carbocycles. The van der Waals surface area contributed by atoms with Crippen molar-refractivity contribution in [2.45, 2.75) is 38.6 Å². The monoisotopic (exact) mass is 368 g/mol. The van der Waals surface area contributed by atoms with Gasteiger partial charge in [0.1, 0.15) is 6.04 Å². The number of hydrogen-bond acceptors (Lipinski definition) is 3. The molecular formula is C15H17BrN2O4. The van der Waals surface area contributed by atoms with Crippen LogP contribution in [0.3, 0.4) is 0 Å². The van der Waals surface area contributed by atoms with Crippen molar-refractivity contribution in [2.24, 2.45) is 0 Å². The number of halogens is 1. The Balaban J connectivity index is 2.65. The molecule has 0 fully saturated rings. The van der Waals surface area contributed by atoms with Crippen LogP contribution in [0.4, 0.5) is 0 Å². The largest absolute Gasteiger partial charge is 0.480 e. The summed E-state index contributed by atoms with van der Waals surface area (Å²) < 4.78 is 1.83. The summed E-state index contributed by atoms with van der Waals surface area (Å²) in [6, 6.07) is 3.95. The van der Waals surface area contributed by atoms with Crippen molar-refractivity contribution in [3.63, 3.8) is 0 Å². The molecule has 0 saturated heterocycles. The molecule has 0 aliphatic rings. The molecule has 22 heavy (non-hydrogen) atoms. The van der Waals surface area contributed by atoms with Gasteiger partial charge >= 0.3 is 17.1 Å². The summed E-state index contributed by atoms with van der Waals surface area (Å²) >= 11 is 3.29. The number of carboxylic acid groups (broad SMARTS) is 1. The average molecular weight is 369 g/mol. The molecule has 0 amide bonds. The number of hydrogen-bond donors (Lipinski definition) is 2. The quantitative estimate of drug-likeness (QED) is 0.605. The highest BCUT2D eigenvalue weighted by molar-refractivity contribution is 9.10. The first-order valence-corrected chi connectivity index (χ1v) is 7.92. The minimum atomic E-state index is -1.10. The second-order valence-electron chi connectivity index (χ2n) is 5.14. The second kappa shape index (κ2) is 6.91. The van der Waals surface area contributed by atoms with Crippen LogP contribution in [0.2, 0.25) is 0 Å². The predicted octanol–water partition coefficient (Wildman–Crippen LogP) is 2.66. The average Bonchev–Trinajstić information content (AvgIpc) is 2.46. The van der Waals surface area contributed by atoms with Crippen LogP contribution in [0.1, 0.15) is 38.6 Å². The highest BCUT2D eigenvalue weighted by Crippen LogP contribution is 2.21. The van der Waals surface area contributed by atoms with Crippen LogP contribution in [0.15, 0.2) is 32.3 Å². The molecule has 118 valence electrons. The van der Waals surface area contributed by atoms with Crippen molar-refractivity contribution < 1.29 is 9.90 Å². The van der Waals surface area contributed by atoms with Crippen LogP contribution in [0.5, 0.6) is 0 Å². The van der Waals surface area contributed by atoms with E-state index >= 15 is 0 Å². The molecule has 1 aromatic heterocycles. The van der Waals surface area contributed by atoms with Crippen LogP contribution >= 0.6 is 15.9 Å². The van der Waals surface area contributed by atoms with Gasteiger partial charge in [0.25, 0.3) is 0 Å². The van der Waals surface area contributed by atoms with E-state index < -0.39 is 23.1 Å². The van der Waals surface area contributed by atoms with E-state index in [0.29, 0.717) is 23.9 Å². The number of aromatic nitrogens is 2. The fourth-order valence-corrected chi connectivity index (χ4v) is 2.83. The third kappa shape index (κ3) is 3.30. The van der Waals surface area contributed by atoms with E-state index in [0.717, 1.165) is 21.9 Å². The predicted molar refractivity (Wildman–Crippen MR) is 87.3 cm³/mol. The Morgan fingerprint density at radius 2 is 2.09 bits per heavy atom. The topological polar surface area (TPSA) is 92.2 Å². The van der Waals surface area contributed by atoms with Gasteiger partial charge in [-0.1, -0.05) is 42.1 Å². The molecule has 2 aromatic rings. The minimum absolute atomic E-state index is 0.317. The SMILES string of the molecule is CCCCCC(C(=O)O)n1c(=O)c(=O)[nH]c2cc(Br)ccc21. The third-order valence-electron chi connectivity index (χ3n) is 3.56. The number of carboxylic acids is 1. The molecule has 0 aliphatic carbocycles. The van der Waals surface area contributed by atoms with E-state index in [9.17, 15) is 19.5 Å². The maximum Gasteiger partial charge on any atom is 0.326 e. The standard InChI is InChI=1S/C15H17BrN2O4/c1-2-3-4-5-12(15(21)22)18-11-7-6-9(16)8-10(11)17-13(19)14(18)20/h6-8,12H,2-5H2,1H3,(H,17,19)(H,21,22). The summed E-state index contributed by atoms with van der Waals surface area (Å²) in [6.45, 7) is 2.02. The molecular weight excluding hydrogens is 352 g/mol. The number of rotatable bonds is 6. The van der Waals surface area contributed by atoms with Gasteiger partial charge < -0.3 is 10.1 Å². The highest BCUT2D eigenvalue weighted by Gasteiger charge is 2.23. The number of carbonyl (C=O) groups is 1. The molecule has 2 N–H and O–H groups in total. The minimum Gasteiger partial charge on any atom is -0.480 e. The molecule has 6 nitrogen and oxygen atoms in total. The number of nitrogens with one attached hydrogen (secondary N) is 1. The van der Waals surface area contributed by atoms with Gasteiger partial charge in [-0.05, 0) is 24.6 Å². The molecule has 7 heteroatoms. The van der Waals surface area contributed by atoms with Gasteiger partial charge in [0.2, 0.25) is 0 Å². The third-order valence-corrected chi connectivity index (χ3v) is 4.05. The van der Waals surface area contributed by atoms with E-state index in [-0.39, 0.29) is 0 Å². The van der Waals surface area contributed by atoms with E-state index in [4.69, 9.17) is 0 Å². The van der Waals surface area contributed by atoms with Crippen molar-refractivity contribution in [1.29, 1.82) is 0 Å². The fraction of sp³-hybridized carbons (Fsp3) is 0.400. The molecule has 2 rings (SSSR count). The number of nitrogens with zero attached hydrogens (tertiary/aromatic N) is 1. The first-order valence-electron chi connectivity index (χ1n) is 7.12. The number of unbranched alkanes of at least 4 members (excludes halogenated alkanes) is 2. The molecule has 0 spiro atoms. The van der Waals surface area contributed by atoms with Crippen LogP contribution in [-0.2, 0) is 4.79 Å². The zero-order valence-electron chi connectivity index (χ0n) is 12.1. The van der Waals surface area contributed by atoms with Crippen molar-refractivity contribution in [3.05, 3.63) is 43.4 Å². The summed E-state index contributed by atoms with van der Waals surface area (Å²) in [5, 5.41) is 9.47. The molecule has 1 atom stereocenters. The summed E-state index contributed by atoms with van der Waals surface area (Å²) in [5.41, 5.74) is -0.802. The number of aromatic amines is 1. The highest BCUT2D eigenvalue weighted by atomic mass is 79.9.